The van der Waals surface area contributed by atoms with Crippen LogP contribution in [-0.4, -0.2) is 23.1 Å². The molecule has 0 aromatic carbocycles. The fourth-order valence-electron chi connectivity index (χ4n) is 0.410. The van der Waals surface area contributed by atoms with Crippen LogP contribution < -0.4 is 10.9 Å². The Kier molecular flexibility index (Phi) is 1.62. The van der Waals surface area contributed by atoms with Crippen molar-refractivity contribution in [1.29, 1.82) is 0 Å². The Morgan fingerprint density at radius 2 is 2.62 bits per heavy atom. The summed E-state index contributed by atoms with van der Waals surface area (Å²) < 4.78 is 4.77. The van der Waals surface area contributed by atoms with E-state index in [1.807, 2.05) is 0 Å². The molecule has 1 saturated heterocycles. The molecule has 4 nitrogen and oxygen atoms in total. The number of rotatable bonds is 1. The molecule has 0 aliphatic carbocycles. The van der Waals surface area contributed by atoms with E-state index in [-0.39, 0.29) is 18.0 Å². The van der Waals surface area contributed by atoms with Crippen LogP contribution in [0.15, 0.2) is 0 Å². The zero-order valence-corrected chi connectivity index (χ0v) is 4.86. The number of hydrazine groups is 1. The van der Waals surface area contributed by atoms with Gasteiger partial charge in [-0.25, -0.2) is 0 Å². The molecule has 0 spiro atoms. The summed E-state index contributed by atoms with van der Waals surface area (Å²) in [7, 11) is 0. The molecule has 1 atom stereocenters. The first-order valence-corrected chi connectivity index (χ1v) is 2.57. The van der Waals surface area contributed by atoms with Gasteiger partial charge in [-0.15, -0.1) is 0 Å². The fourth-order valence-corrected chi connectivity index (χ4v) is 0.586. The highest BCUT2D eigenvalue weighted by atomic mass is 32.1. The van der Waals surface area contributed by atoms with Crippen LogP contribution >= 0.6 is 12.2 Å². The molecule has 3 N–H and O–H groups in total. The molecule has 0 saturated carbocycles. The first-order valence-electron chi connectivity index (χ1n) is 2.16. The minimum Gasteiger partial charge on any atom is -0.447 e. The second-order valence-corrected chi connectivity index (χ2v) is 1.72. The summed E-state index contributed by atoms with van der Waals surface area (Å²) in [6, 6.07) is 0. The molecule has 5 heteroatoms. The van der Waals surface area contributed by atoms with Gasteiger partial charge in [0.05, 0.1) is 6.61 Å². The molecule has 1 heterocycles. The Hall–Kier alpha value is -0.390. The largest absolute Gasteiger partial charge is 0.447 e. The fraction of sp³-hybridized carbons (Fsp3) is 0.667. The van der Waals surface area contributed by atoms with E-state index in [0.717, 1.165) is 0 Å². The van der Waals surface area contributed by atoms with Crippen molar-refractivity contribution < 1.29 is 9.84 Å². The average Bonchev–Trinajstić information content (AvgIpc) is 2.14. The third-order valence-corrected chi connectivity index (χ3v) is 0.949. The number of thiocarbonyl (C=S) groups is 1. The number of ether oxygens (including phenoxy) is 1. The van der Waals surface area contributed by atoms with Crippen LogP contribution in [0.4, 0.5) is 0 Å². The van der Waals surface area contributed by atoms with Crippen molar-refractivity contribution in [2.45, 2.75) is 6.23 Å². The van der Waals surface area contributed by atoms with Gasteiger partial charge in [0.15, 0.2) is 6.23 Å². The van der Waals surface area contributed by atoms with E-state index in [1.165, 1.54) is 0 Å². The number of aliphatic hydroxyl groups excluding tert-OH is 1. The predicted octanol–water partition coefficient (Wildman–Crippen LogP) is -1.29. The normalized spacial score (nSPS) is 27.1. The number of hydrogen-bond donors (Lipinski definition) is 3. The van der Waals surface area contributed by atoms with E-state index in [0.29, 0.717) is 0 Å². The van der Waals surface area contributed by atoms with Crippen LogP contribution in [0.3, 0.4) is 0 Å². The van der Waals surface area contributed by atoms with Gasteiger partial charge >= 0.3 is 0 Å². The molecule has 46 valence electrons. The Bertz CT molecular complexity index is 107. The monoisotopic (exact) mass is 134 g/mol. The van der Waals surface area contributed by atoms with Crippen LogP contribution in [0.2, 0.25) is 0 Å². The molecule has 0 amide bonds. The van der Waals surface area contributed by atoms with Crippen molar-refractivity contribution >= 4 is 17.4 Å². The van der Waals surface area contributed by atoms with Gasteiger partial charge in [-0.3, -0.25) is 5.43 Å². The maximum absolute atomic E-state index is 8.40. The number of aliphatic hydroxyl groups is 1. The Morgan fingerprint density at radius 1 is 1.88 bits per heavy atom. The first kappa shape index (κ1) is 5.74. The molecule has 1 rings (SSSR count). The second-order valence-electron chi connectivity index (χ2n) is 1.35. The van der Waals surface area contributed by atoms with Gasteiger partial charge < -0.3 is 9.84 Å². The number of nitrogens with one attached hydrogen (secondary N) is 2. The zero-order valence-electron chi connectivity index (χ0n) is 4.05. The molecular weight excluding hydrogens is 128 g/mol. The summed E-state index contributed by atoms with van der Waals surface area (Å²) >= 11 is 4.56. The van der Waals surface area contributed by atoms with Crippen molar-refractivity contribution in [1.82, 2.24) is 10.9 Å². The molecule has 1 fully saturated rings. The van der Waals surface area contributed by atoms with E-state index >= 15 is 0 Å². The Balaban J connectivity index is 2.32. The quantitative estimate of drug-likeness (QED) is 0.390. The lowest BCUT2D eigenvalue weighted by Gasteiger charge is -2.00. The summed E-state index contributed by atoms with van der Waals surface area (Å²) in [4.78, 5) is 0. The molecule has 1 aliphatic rings. The molecule has 0 aromatic heterocycles. The number of hydrogen-bond acceptors (Lipinski definition) is 4. The van der Waals surface area contributed by atoms with E-state index in [1.54, 1.807) is 0 Å². The maximum atomic E-state index is 8.40. The van der Waals surface area contributed by atoms with Crippen LogP contribution in [0, 0.1) is 0 Å². The van der Waals surface area contributed by atoms with Gasteiger partial charge in [0.1, 0.15) is 0 Å². The SMILES string of the molecule is OCC1NNC(=S)O1. The lowest BCUT2D eigenvalue weighted by molar-refractivity contribution is 0.109. The van der Waals surface area contributed by atoms with Crippen LogP contribution in [-0.2, 0) is 4.74 Å². The molecule has 1 aliphatic heterocycles. The lowest BCUT2D eigenvalue weighted by Crippen LogP contribution is -2.33. The molecule has 0 aromatic rings. The van der Waals surface area contributed by atoms with Crippen molar-refractivity contribution in [2.24, 2.45) is 0 Å². The summed E-state index contributed by atoms with van der Waals surface area (Å²) in [5, 5.41) is 8.68. The van der Waals surface area contributed by atoms with Crippen molar-refractivity contribution in [3.63, 3.8) is 0 Å². The van der Waals surface area contributed by atoms with Crippen molar-refractivity contribution in [3.05, 3.63) is 0 Å². The highest BCUT2D eigenvalue weighted by molar-refractivity contribution is 7.80. The van der Waals surface area contributed by atoms with E-state index in [2.05, 4.69) is 23.1 Å². The molecule has 0 bridgehead atoms. The van der Waals surface area contributed by atoms with E-state index in [9.17, 15) is 0 Å². The minimum atomic E-state index is -0.373. The third-order valence-electron chi connectivity index (χ3n) is 0.750. The zero-order chi connectivity index (χ0) is 5.98. The van der Waals surface area contributed by atoms with Gasteiger partial charge in [0.2, 0.25) is 0 Å². The van der Waals surface area contributed by atoms with Crippen molar-refractivity contribution in [2.75, 3.05) is 6.61 Å². The molecule has 1 unspecified atom stereocenters. The average molecular weight is 134 g/mol. The summed E-state index contributed by atoms with van der Waals surface area (Å²) in [5.74, 6) is 0. The van der Waals surface area contributed by atoms with Crippen molar-refractivity contribution in [3.8, 4) is 0 Å². The molecule has 8 heavy (non-hydrogen) atoms. The standard InChI is InChI=1S/C3H6N2O2S/c6-1-2-4-5-3(8)7-2/h2,4,6H,1H2,(H,5,8). The molecular formula is C3H6N2O2S. The van der Waals surface area contributed by atoms with Crippen LogP contribution in [0.5, 0.6) is 0 Å². The van der Waals surface area contributed by atoms with Gasteiger partial charge in [0.25, 0.3) is 5.17 Å². The Labute approximate surface area is 51.8 Å². The maximum Gasteiger partial charge on any atom is 0.273 e. The van der Waals surface area contributed by atoms with Gasteiger partial charge in [-0.1, -0.05) is 0 Å². The van der Waals surface area contributed by atoms with Gasteiger partial charge in [-0.2, -0.15) is 5.43 Å². The minimum absolute atomic E-state index is 0.0762. The van der Waals surface area contributed by atoms with Crippen LogP contribution in [0.25, 0.3) is 0 Å². The summed E-state index contributed by atoms with van der Waals surface area (Å²) in [6.07, 6.45) is -0.373. The highest BCUT2D eigenvalue weighted by Gasteiger charge is 2.16. The predicted molar refractivity (Wildman–Crippen MR) is 30.8 cm³/mol. The van der Waals surface area contributed by atoms with E-state index < -0.39 is 0 Å². The topological polar surface area (TPSA) is 53.5 Å². The van der Waals surface area contributed by atoms with Gasteiger partial charge in [0, 0.05) is 0 Å². The Morgan fingerprint density at radius 3 is 2.88 bits per heavy atom. The lowest BCUT2D eigenvalue weighted by atomic mass is 10.6. The smallest absolute Gasteiger partial charge is 0.273 e. The summed E-state index contributed by atoms with van der Waals surface area (Å²) in [5.41, 5.74) is 5.11. The second kappa shape index (κ2) is 2.25. The summed E-state index contributed by atoms with van der Waals surface area (Å²) in [6.45, 7) is -0.0762. The van der Waals surface area contributed by atoms with Gasteiger partial charge in [-0.05, 0) is 12.2 Å². The first-order chi connectivity index (χ1) is 3.83. The molecule has 0 radical (unpaired) electrons. The van der Waals surface area contributed by atoms with Crippen LogP contribution in [0.1, 0.15) is 0 Å². The highest BCUT2D eigenvalue weighted by Crippen LogP contribution is 1.91. The van der Waals surface area contributed by atoms with E-state index in [4.69, 9.17) is 9.84 Å². The third kappa shape index (κ3) is 1.06.